The highest BCUT2D eigenvalue weighted by Crippen LogP contribution is 2.16. The van der Waals surface area contributed by atoms with Gasteiger partial charge in [-0.3, -0.25) is 4.79 Å². The van der Waals surface area contributed by atoms with Crippen molar-refractivity contribution in [2.45, 2.75) is 12.8 Å². The van der Waals surface area contributed by atoms with Gasteiger partial charge in [-0.1, -0.05) is 6.07 Å². The van der Waals surface area contributed by atoms with Crippen molar-refractivity contribution in [3.05, 3.63) is 30.1 Å². The number of rotatable bonds is 5. The Morgan fingerprint density at radius 2 is 2.17 bits per heavy atom. The molecular formula is C16H24ClFN4O2. The Hall–Kier alpha value is -1.86. The molecule has 1 aromatic rings. The van der Waals surface area contributed by atoms with Crippen LogP contribution in [0.2, 0.25) is 0 Å². The molecule has 2 rings (SSSR count). The quantitative estimate of drug-likeness (QED) is 0.751. The van der Waals surface area contributed by atoms with Gasteiger partial charge in [0.2, 0.25) is 5.91 Å². The number of urea groups is 1. The van der Waals surface area contributed by atoms with Gasteiger partial charge in [0.1, 0.15) is 5.82 Å². The summed E-state index contributed by atoms with van der Waals surface area (Å²) in [5.74, 6) is -0.0713. The van der Waals surface area contributed by atoms with Crippen LogP contribution in [-0.4, -0.2) is 50.1 Å². The van der Waals surface area contributed by atoms with Crippen LogP contribution in [0, 0.1) is 11.7 Å². The number of halogens is 2. The summed E-state index contributed by atoms with van der Waals surface area (Å²) in [4.78, 5) is 25.6. The Morgan fingerprint density at radius 3 is 2.88 bits per heavy atom. The summed E-state index contributed by atoms with van der Waals surface area (Å²) in [6, 6.07) is 5.38. The number of nitrogens with one attached hydrogen (secondary N) is 3. The number of amides is 3. The first-order chi connectivity index (χ1) is 11.1. The molecule has 3 N–H and O–H groups in total. The third kappa shape index (κ3) is 6.33. The van der Waals surface area contributed by atoms with E-state index in [1.165, 1.54) is 18.2 Å². The van der Waals surface area contributed by atoms with Gasteiger partial charge in [0, 0.05) is 25.3 Å². The van der Waals surface area contributed by atoms with Gasteiger partial charge in [-0.15, -0.1) is 12.4 Å². The smallest absolute Gasteiger partial charge is 0.319 e. The number of hydrogen-bond acceptors (Lipinski definition) is 3. The Morgan fingerprint density at radius 1 is 1.38 bits per heavy atom. The zero-order chi connectivity index (χ0) is 16.7. The highest BCUT2D eigenvalue weighted by molar-refractivity contribution is 5.89. The van der Waals surface area contributed by atoms with Crippen LogP contribution in [0.5, 0.6) is 0 Å². The fourth-order valence-electron chi connectivity index (χ4n) is 2.70. The zero-order valence-electron chi connectivity index (χ0n) is 13.7. The van der Waals surface area contributed by atoms with E-state index in [-0.39, 0.29) is 30.3 Å². The van der Waals surface area contributed by atoms with Crippen molar-refractivity contribution in [2.24, 2.45) is 5.92 Å². The van der Waals surface area contributed by atoms with Crippen LogP contribution in [0.25, 0.3) is 0 Å². The van der Waals surface area contributed by atoms with Crippen LogP contribution >= 0.6 is 12.4 Å². The maximum absolute atomic E-state index is 13.1. The summed E-state index contributed by atoms with van der Waals surface area (Å²) in [6.45, 7) is 2.25. The van der Waals surface area contributed by atoms with Gasteiger partial charge in [-0.05, 0) is 44.0 Å². The predicted molar refractivity (Wildman–Crippen MR) is 93.9 cm³/mol. The van der Waals surface area contributed by atoms with E-state index < -0.39 is 5.82 Å². The summed E-state index contributed by atoms with van der Waals surface area (Å²) in [7, 11) is 1.75. The number of benzene rings is 1. The SMILES string of the molecule is CNCC(=O)N1CCCC(CNC(=O)Nc2cccc(F)c2)C1.Cl. The first-order valence-corrected chi connectivity index (χ1v) is 7.81. The maximum Gasteiger partial charge on any atom is 0.319 e. The van der Waals surface area contributed by atoms with E-state index in [0.29, 0.717) is 25.3 Å². The van der Waals surface area contributed by atoms with Crippen LogP contribution in [0.1, 0.15) is 12.8 Å². The van der Waals surface area contributed by atoms with Gasteiger partial charge in [-0.2, -0.15) is 0 Å². The molecule has 0 saturated carbocycles. The second-order valence-electron chi connectivity index (χ2n) is 5.72. The third-order valence-electron chi connectivity index (χ3n) is 3.83. The minimum absolute atomic E-state index is 0. The first kappa shape index (κ1) is 20.2. The second kappa shape index (κ2) is 10.1. The number of likely N-dealkylation sites (tertiary alicyclic amines) is 1. The molecule has 1 saturated heterocycles. The van der Waals surface area contributed by atoms with E-state index in [2.05, 4.69) is 16.0 Å². The lowest BCUT2D eigenvalue weighted by atomic mass is 9.98. The van der Waals surface area contributed by atoms with E-state index >= 15 is 0 Å². The number of piperidine rings is 1. The van der Waals surface area contributed by atoms with Crippen molar-refractivity contribution >= 4 is 30.0 Å². The summed E-state index contributed by atoms with van der Waals surface area (Å²) in [5, 5.41) is 8.24. The molecule has 1 aliphatic heterocycles. The zero-order valence-corrected chi connectivity index (χ0v) is 14.5. The molecule has 0 aromatic heterocycles. The van der Waals surface area contributed by atoms with Crippen molar-refractivity contribution < 1.29 is 14.0 Å². The maximum atomic E-state index is 13.1. The van der Waals surface area contributed by atoms with Crippen LogP contribution in [0.3, 0.4) is 0 Å². The van der Waals surface area contributed by atoms with E-state index in [4.69, 9.17) is 0 Å². The number of hydrogen-bond donors (Lipinski definition) is 3. The molecule has 134 valence electrons. The summed E-state index contributed by atoms with van der Waals surface area (Å²) >= 11 is 0. The van der Waals surface area contributed by atoms with E-state index in [1.54, 1.807) is 13.1 Å². The molecule has 1 unspecified atom stereocenters. The summed E-state index contributed by atoms with van der Waals surface area (Å²) in [6.07, 6.45) is 1.91. The number of nitrogens with zero attached hydrogens (tertiary/aromatic N) is 1. The minimum atomic E-state index is -0.395. The average molecular weight is 359 g/mol. The predicted octanol–water partition coefficient (Wildman–Crippen LogP) is 1.83. The highest BCUT2D eigenvalue weighted by atomic mass is 35.5. The first-order valence-electron chi connectivity index (χ1n) is 7.81. The number of carbonyl (C=O) groups excluding carboxylic acids is 2. The molecular weight excluding hydrogens is 335 g/mol. The number of carbonyl (C=O) groups is 2. The van der Waals surface area contributed by atoms with Crippen LogP contribution in [-0.2, 0) is 4.79 Å². The third-order valence-corrected chi connectivity index (χ3v) is 3.83. The van der Waals surface area contributed by atoms with E-state index in [1.807, 2.05) is 4.90 Å². The van der Waals surface area contributed by atoms with Crippen molar-refractivity contribution in [3.8, 4) is 0 Å². The molecule has 6 nitrogen and oxygen atoms in total. The van der Waals surface area contributed by atoms with Gasteiger partial charge in [-0.25, -0.2) is 9.18 Å². The molecule has 0 aliphatic carbocycles. The van der Waals surface area contributed by atoms with Crippen LogP contribution in [0.4, 0.5) is 14.9 Å². The van der Waals surface area contributed by atoms with Crippen molar-refractivity contribution in [2.75, 3.05) is 38.5 Å². The standard InChI is InChI=1S/C16H23FN4O2.ClH/c1-18-10-15(22)21-7-3-4-12(11-21)9-19-16(23)20-14-6-2-5-13(17)8-14;/h2,5-6,8,12,18H,3-4,7,9-11H2,1H3,(H2,19,20,23);1H. The van der Waals surface area contributed by atoms with E-state index in [0.717, 1.165) is 19.4 Å². The molecule has 1 fully saturated rings. The normalized spacial score (nSPS) is 16.9. The van der Waals surface area contributed by atoms with Crippen LogP contribution < -0.4 is 16.0 Å². The Balaban J connectivity index is 0.00000288. The van der Waals surface area contributed by atoms with E-state index in [9.17, 15) is 14.0 Å². The molecule has 1 aliphatic rings. The average Bonchev–Trinajstić information content (AvgIpc) is 2.53. The molecule has 3 amide bonds. The molecule has 0 bridgehead atoms. The fourth-order valence-corrected chi connectivity index (χ4v) is 2.70. The lowest BCUT2D eigenvalue weighted by Crippen LogP contribution is -2.46. The summed E-state index contributed by atoms with van der Waals surface area (Å²) in [5.41, 5.74) is 0.414. The molecule has 0 spiro atoms. The molecule has 1 heterocycles. The van der Waals surface area contributed by atoms with Gasteiger partial charge < -0.3 is 20.9 Å². The van der Waals surface area contributed by atoms with Crippen LogP contribution in [0.15, 0.2) is 24.3 Å². The summed E-state index contributed by atoms with van der Waals surface area (Å²) < 4.78 is 13.1. The number of likely N-dealkylation sites (N-methyl/N-ethyl adjacent to an activating group) is 1. The largest absolute Gasteiger partial charge is 0.341 e. The molecule has 1 atom stereocenters. The molecule has 8 heteroatoms. The molecule has 0 radical (unpaired) electrons. The monoisotopic (exact) mass is 358 g/mol. The minimum Gasteiger partial charge on any atom is -0.341 e. The fraction of sp³-hybridized carbons (Fsp3) is 0.500. The van der Waals surface area contributed by atoms with Crippen molar-refractivity contribution in [1.82, 2.24) is 15.5 Å². The Bertz CT molecular complexity index is 559. The van der Waals surface area contributed by atoms with Gasteiger partial charge >= 0.3 is 6.03 Å². The number of anilines is 1. The second-order valence-corrected chi connectivity index (χ2v) is 5.72. The molecule has 1 aromatic carbocycles. The van der Waals surface area contributed by atoms with Crippen molar-refractivity contribution in [3.63, 3.8) is 0 Å². The van der Waals surface area contributed by atoms with Gasteiger partial charge in [0.25, 0.3) is 0 Å². The van der Waals surface area contributed by atoms with Gasteiger partial charge in [0.05, 0.1) is 6.54 Å². The topological polar surface area (TPSA) is 73.5 Å². The van der Waals surface area contributed by atoms with Gasteiger partial charge in [0.15, 0.2) is 0 Å². The Kier molecular flexibility index (Phi) is 8.49. The van der Waals surface area contributed by atoms with Crippen molar-refractivity contribution in [1.29, 1.82) is 0 Å². The lowest BCUT2D eigenvalue weighted by molar-refractivity contribution is -0.131. The molecule has 24 heavy (non-hydrogen) atoms. The lowest BCUT2D eigenvalue weighted by Gasteiger charge is -2.32. The highest BCUT2D eigenvalue weighted by Gasteiger charge is 2.23. The Labute approximate surface area is 147 Å².